The first-order valence-corrected chi connectivity index (χ1v) is 6.65. The second kappa shape index (κ2) is 5.24. The SMILES string of the molecule is C#CCS(=O)(=O)Cc1ccc(OC)c(Cl)c1. The molecule has 0 aromatic heterocycles. The van der Waals surface area contributed by atoms with Crippen LogP contribution in [0.25, 0.3) is 0 Å². The highest BCUT2D eigenvalue weighted by Gasteiger charge is 2.11. The third kappa shape index (κ3) is 3.44. The van der Waals surface area contributed by atoms with E-state index in [0.29, 0.717) is 16.3 Å². The maximum atomic E-state index is 11.4. The van der Waals surface area contributed by atoms with E-state index in [2.05, 4.69) is 5.92 Å². The number of methoxy groups -OCH3 is 1. The lowest BCUT2D eigenvalue weighted by molar-refractivity contribution is 0.415. The number of rotatable bonds is 4. The lowest BCUT2D eigenvalue weighted by Crippen LogP contribution is -2.07. The Balaban J connectivity index is 2.92. The van der Waals surface area contributed by atoms with Gasteiger partial charge in [0.1, 0.15) is 11.5 Å². The van der Waals surface area contributed by atoms with Gasteiger partial charge in [0.05, 0.1) is 17.9 Å². The predicted molar refractivity (Wildman–Crippen MR) is 64.3 cm³/mol. The maximum absolute atomic E-state index is 11.4. The van der Waals surface area contributed by atoms with Crippen molar-refractivity contribution in [3.63, 3.8) is 0 Å². The molecule has 0 N–H and O–H groups in total. The number of hydrogen-bond acceptors (Lipinski definition) is 3. The molecule has 0 aliphatic heterocycles. The number of hydrogen-bond donors (Lipinski definition) is 0. The minimum atomic E-state index is -3.26. The first-order valence-electron chi connectivity index (χ1n) is 4.45. The van der Waals surface area contributed by atoms with Crippen LogP contribution in [-0.2, 0) is 15.6 Å². The summed E-state index contributed by atoms with van der Waals surface area (Å²) in [4.78, 5) is 0. The topological polar surface area (TPSA) is 43.4 Å². The Kier molecular flexibility index (Phi) is 4.22. The Morgan fingerprint density at radius 1 is 1.50 bits per heavy atom. The summed E-state index contributed by atoms with van der Waals surface area (Å²) in [5.41, 5.74) is 0.598. The van der Waals surface area contributed by atoms with Crippen LogP contribution in [0.2, 0.25) is 5.02 Å². The average molecular weight is 259 g/mol. The van der Waals surface area contributed by atoms with E-state index in [0.717, 1.165) is 0 Å². The van der Waals surface area contributed by atoms with Gasteiger partial charge in [-0.05, 0) is 17.7 Å². The van der Waals surface area contributed by atoms with Crippen molar-refractivity contribution in [2.24, 2.45) is 0 Å². The standard InChI is InChI=1S/C11H11ClO3S/c1-3-6-16(13,14)8-9-4-5-11(15-2)10(12)7-9/h1,4-5,7H,6,8H2,2H3. The van der Waals surface area contributed by atoms with Gasteiger partial charge in [0.15, 0.2) is 9.84 Å². The fourth-order valence-corrected chi connectivity index (χ4v) is 2.56. The molecule has 0 unspecified atom stereocenters. The molecular formula is C11H11ClO3S. The minimum Gasteiger partial charge on any atom is -0.495 e. The van der Waals surface area contributed by atoms with Crippen molar-refractivity contribution >= 4 is 21.4 Å². The van der Waals surface area contributed by atoms with Crippen molar-refractivity contribution in [1.82, 2.24) is 0 Å². The Bertz CT molecular complexity index is 515. The summed E-state index contributed by atoms with van der Waals surface area (Å²) in [6, 6.07) is 4.84. The fourth-order valence-electron chi connectivity index (χ4n) is 1.23. The molecular weight excluding hydrogens is 248 g/mol. The third-order valence-corrected chi connectivity index (χ3v) is 3.58. The molecule has 0 saturated carbocycles. The van der Waals surface area contributed by atoms with E-state index in [9.17, 15) is 8.42 Å². The van der Waals surface area contributed by atoms with Crippen molar-refractivity contribution in [3.8, 4) is 18.1 Å². The van der Waals surface area contributed by atoms with Gasteiger partial charge in [-0.1, -0.05) is 23.6 Å². The Morgan fingerprint density at radius 3 is 2.69 bits per heavy atom. The lowest BCUT2D eigenvalue weighted by atomic mass is 10.2. The van der Waals surface area contributed by atoms with Gasteiger partial charge in [0, 0.05) is 0 Å². The summed E-state index contributed by atoms with van der Waals surface area (Å²) >= 11 is 5.88. The van der Waals surface area contributed by atoms with E-state index in [1.165, 1.54) is 7.11 Å². The van der Waals surface area contributed by atoms with Crippen LogP contribution < -0.4 is 4.74 Å². The van der Waals surface area contributed by atoms with Crippen molar-refractivity contribution < 1.29 is 13.2 Å². The first-order chi connectivity index (χ1) is 7.48. The number of ether oxygens (including phenoxy) is 1. The minimum absolute atomic E-state index is 0.110. The molecule has 3 nitrogen and oxygen atoms in total. The van der Waals surface area contributed by atoms with Gasteiger partial charge >= 0.3 is 0 Å². The van der Waals surface area contributed by atoms with E-state index >= 15 is 0 Å². The molecule has 1 aromatic rings. The highest BCUT2D eigenvalue weighted by atomic mass is 35.5. The van der Waals surface area contributed by atoms with Gasteiger partial charge in [0.2, 0.25) is 0 Å². The monoisotopic (exact) mass is 258 g/mol. The zero-order valence-electron chi connectivity index (χ0n) is 8.73. The average Bonchev–Trinajstić information content (AvgIpc) is 2.17. The van der Waals surface area contributed by atoms with Crippen molar-refractivity contribution in [2.75, 3.05) is 12.9 Å². The highest BCUT2D eigenvalue weighted by molar-refractivity contribution is 7.90. The molecule has 0 spiro atoms. The molecule has 5 heteroatoms. The molecule has 0 aliphatic carbocycles. The number of halogens is 1. The second-order valence-electron chi connectivity index (χ2n) is 3.21. The summed E-state index contributed by atoms with van der Waals surface area (Å²) in [7, 11) is -1.76. The Labute approximate surface area is 100 Å². The zero-order valence-corrected chi connectivity index (χ0v) is 10.3. The van der Waals surface area contributed by atoms with Crippen LogP contribution in [0.5, 0.6) is 5.75 Å². The van der Waals surface area contributed by atoms with Crippen LogP contribution in [-0.4, -0.2) is 21.3 Å². The molecule has 86 valence electrons. The van der Waals surface area contributed by atoms with Gasteiger partial charge in [-0.25, -0.2) is 8.42 Å². The smallest absolute Gasteiger partial charge is 0.165 e. The van der Waals surface area contributed by atoms with Crippen LogP contribution >= 0.6 is 11.6 Å². The van der Waals surface area contributed by atoms with Gasteiger partial charge in [-0.3, -0.25) is 0 Å². The van der Waals surface area contributed by atoms with Crippen LogP contribution in [0.15, 0.2) is 18.2 Å². The van der Waals surface area contributed by atoms with E-state index in [4.69, 9.17) is 22.8 Å². The van der Waals surface area contributed by atoms with Gasteiger partial charge in [-0.2, -0.15) is 0 Å². The van der Waals surface area contributed by atoms with E-state index in [-0.39, 0.29) is 11.5 Å². The van der Waals surface area contributed by atoms with Crippen LogP contribution in [0.1, 0.15) is 5.56 Å². The Hall–Kier alpha value is -1.18. The summed E-state index contributed by atoms with van der Waals surface area (Å²) in [5, 5.41) is 0.385. The van der Waals surface area contributed by atoms with Gasteiger partial charge in [0.25, 0.3) is 0 Å². The molecule has 0 saturated heterocycles. The first kappa shape index (κ1) is 12.9. The molecule has 1 rings (SSSR count). The lowest BCUT2D eigenvalue weighted by Gasteiger charge is -2.05. The molecule has 0 amide bonds. The molecule has 16 heavy (non-hydrogen) atoms. The molecule has 0 radical (unpaired) electrons. The van der Waals surface area contributed by atoms with E-state index in [1.54, 1.807) is 18.2 Å². The predicted octanol–water partition coefficient (Wildman–Crippen LogP) is 1.90. The molecule has 0 atom stereocenters. The van der Waals surface area contributed by atoms with Crippen LogP contribution in [0, 0.1) is 12.3 Å². The molecule has 0 aliphatic rings. The summed E-state index contributed by atoms with van der Waals surface area (Å²) in [5.74, 6) is 2.26. The molecule has 0 heterocycles. The molecule has 0 fully saturated rings. The summed E-state index contributed by atoms with van der Waals surface area (Å²) in [6.45, 7) is 0. The second-order valence-corrected chi connectivity index (χ2v) is 5.68. The number of sulfone groups is 1. The molecule has 0 bridgehead atoms. The van der Waals surface area contributed by atoms with Crippen molar-refractivity contribution in [1.29, 1.82) is 0 Å². The number of terminal acetylenes is 1. The van der Waals surface area contributed by atoms with Crippen LogP contribution in [0.4, 0.5) is 0 Å². The Morgan fingerprint density at radius 2 is 2.19 bits per heavy atom. The largest absolute Gasteiger partial charge is 0.495 e. The quantitative estimate of drug-likeness (QED) is 0.775. The fraction of sp³-hybridized carbons (Fsp3) is 0.273. The number of benzene rings is 1. The maximum Gasteiger partial charge on any atom is 0.165 e. The van der Waals surface area contributed by atoms with Gasteiger partial charge in [-0.15, -0.1) is 6.42 Å². The zero-order chi connectivity index (χ0) is 12.2. The summed E-state index contributed by atoms with van der Waals surface area (Å²) < 4.78 is 27.9. The van der Waals surface area contributed by atoms with E-state index in [1.807, 2.05) is 0 Å². The van der Waals surface area contributed by atoms with Crippen molar-refractivity contribution in [3.05, 3.63) is 28.8 Å². The molecule has 1 aromatic carbocycles. The van der Waals surface area contributed by atoms with Crippen LogP contribution in [0.3, 0.4) is 0 Å². The highest BCUT2D eigenvalue weighted by Crippen LogP contribution is 2.25. The van der Waals surface area contributed by atoms with E-state index < -0.39 is 9.84 Å². The normalized spacial score (nSPS) is 10.8. The van der Waals surface area contributed by atoms with Gasteiger partial charge < -0.3 is 4.74 Å². The third-order valence-electron chi connectivity index (χ3n) is 1.91. The summed E-state index contributed by atoms with van der Waals surface area (Å²) in [6.07, 6.45) is 4.97. The van der Waals surface area contributed by atoms with Crippen molar-refractivity contribution in [2.45, 2.75) is 5.75 Å².